The average Bonchev–Trinajstić information content (AvgIpc) is 3.98. The number of furan rings is 1. The fourth-order valence-corrected chi connectivity index (χ4v) is 12.0. The average molecular weight is 779 g/mol. The maximum absolute atomic E-state index is 6.55. The van der Waals surface area contributed by atoms with Crippen molar-refractivity contribution in [1.82, 2.24) is 4.57 Å². The van der Waals surface area contributed by atoms with Crippen LogP contribution in [0, 0.1) is 0 Å². The van der Waals surface area contributed by atoms with E-state index in [0.29, 0.717) is 0 Å². The lowest BCUT2D eigenvalue weighted by molar-refractivity contribution is 0.590. The number of fused-ring (bicyclic) bond motifs is 14. The summed E-state index contributed by atoms with van der Waals surface area (Å²) in [4.78, 5) is 0. The molecule has 1 N–H and O–H groups in total. The molecule has 1 aliphatic rings. The molecule has 5 heterocycles. The van der Waals surface area contributed by atoms with Crippen molar-refractivity contribution in [2.45, 2.75) is 26.2 Å². The highest BCUT2D eigenvalue weighted by Crippen LogP contribution is 2.45. The maximum Gasteiger partial charge on any atom is 0.198 e. The number of para-hydroxylation sites is 1. The molecule has 13 rings (SSSR count). The number of nitrogens with zero attached hydrogens (tertiary/aromatic N) is 1. The van der Waals surface area contributed by atoms with Gasteiger partial charge in [-0.1, -0.05) is 105 Å². The number of aromatic nitrogens is 1. The van der Waals surface area contributed by atoms with Crippen molar-refractivity contribution < 1.29 is 4.42 Å². The summed E-state index contributed by atoms with van der Waals surface area (Å²) in [7, 11) is 0.839. The van der Waals surface area contributed by atoms with Gasteiger partial charge in [-0.25, -0.2) is 0 Å². The highest BCUT2D eigenvalue weighted by molar-refractivity contribution is 7.26. The monoisotopic (exact) mass is 778 g/mol. The molecule has 0 saturated carbocycles. The first kappa shape index (κ1) is 32.7. The van der Waals surface area contributed by atoms with Gasteiger partial charge in [-0.2, -0.15) is 0 Å². The smallest absolute Gasteiger partial charge is 0.198 e. The van der Waals surface area contributed by atoms with Crippen LogP contribution in [0.3, 0.4) is 0 Å². The first-order valence-electron chi connectivity index (χ1n) is 20.0. The molecule has 6 heteroatoms. The molecule has 0 fully saturated rings. The van der Waals surface area contributed by atoms with Crippen LogP contribution in [0.2, 0.25) is 0 Å². The molecule has 58 heavy (non-hydrogen) atoms. The summed E-state index contributed by atoms with van der Waals surface area (Å²) in [5.74, 6) is 0. The van der Waals surface area contributed by atoms with Gasteiger partial charge in [0.05, 0.1) is 5.52 Å². The number of hydrogen-bond acceptors (Lipinski definition) is 4. The Kier molecular flexibility index (Phi) is 6.56. The number of hydrogen-bond donors (Lipinski definition) is 1. The van der Waals surface area contributed by atoms with E-state index < -0.39 is 0 Å². The van der Waals surface area contributed by atoms with Gasteiger partial charge in [0.25, 0.3) is 0 Å². The molecule has 12 aromatic rings. The normalized spacial score (nSPS) is 12.9. The van der Waals surface area contributed by atoms with Crippen LogP contribution in [0.4, 0.5) is 11.4 Å². The summed E-state index contributed by atoms with van der Waals surface area (Å²) in [5.41, 5.74) is 14.4. The number of benzene rings is 8. The minimum atomic E-state index is 0.0854. The minimum absolute atomic E-state index is 0.0854. The molecular weight excluding hydrogens is 744 g/mol. The van der Waals surface area contributed by atoms with E-state index in [-0.39, 0.29) is 5.41 Å². The zero-order chi connectivity index (χ0) is 38.4. The molecule has 1 aliphatic heterocycles. The zero-order valence-electron chi connectivity index (χ0n) is 32.2. The number of thiophene rings is 2. The van der Waals surface area contributed by atoms with E-state index in [1.54, 1.807) is 0 Å². The van der Waals surface area contributed by atoms with E-state index in [4.69, 9.17) is 4.42 Å². The van der Waals surface area contributed by atoms with E-state index in [0.717, 1.165) is 40.6 Å². The predicted octanol–water partition coefficient (Wildman–Crippen LogP) is 13.8. The largest absolute Gasteiger partial charge is 0.456 e. The maximum atomic E-state index is 6.55. The molecule has 0 saturated heterocycles. The summed E-state index contributed by atoms with van der Waals surface area (Å²) in [5, 5.41) is 14.0. The van der Waals surface area contributed by atoms with Gasteiger partial charge in [0.1, 0.15) is 11.2 Å². The Morgan fingerprint density at radius 1 is 0.534 bits per heavy atom. The van der Waals surface area contributed by atoms with Crippen LogP contribution in [-0.4, -0.2) is 11.8 Å². The van der Waals surface area contributed by atoms with Crippen LogP contribution >= 0.6 is 22.7 Å². The number of rotatable bonds is 3. The van der Waals surface area contributed by atoms with Crippen LogP contribution in [0.25, 0.3) is 101 Å². The summed E-state index contributed by atoms with van der Waals surface area (Å²) < 4.78 is 14.4. The number of anilines is 2. The SMILES string of the molecule is CC(C)(C)c1ccc(Nc2cc3c(cc2-c2ccc4c5cc6c(cc5n5c4c2Bc2cc4sc7ccccc7c4cc2-5)oc2ccccc26)sc2ccccc23)cc1. The van der Waals surface area contributed by atoms with Gasteiger partial charge in [0.2, 0.25) is 0 Å². The molecule has 0 bridgehead atoms. The fraction of sp³-hybridized carbons (Fsp3) is 0.0769. The lowest BCUT2D eigenvalue weighted by Gasteiger charge is -2.24. The molecule has 0 unspecified atom stereocenters. The van der Waals surface area contributed by atoms with Gasteiger partial charge in [-0.15, -0.1) is 22.7 Å². The van der Waals surface area contributed by atoms with Crippen LogP contribution in [-0.2, 0) is 5.41 Å². The number of nitrogens with one attached hydrogen (secondary N) is 1. The zero-order valence-corrected chi connectivity index (χ0v) is 33.9. The quantitative estimate of drug-likeness (QED) is 0.181. The topological polar surface area (TPSA) is 30.1 Å². The van der Waals surface area contributed by atoms with Crippen LogP contribution < -0.4 is 16.2 Å². The van der Waals surface area contributed by atoms with Crippen molar-refractivity contribution in [2.24, 2.45) is 0 Å². The highest BCUT2D eigenvalue weighted by atomic mass is 32.1. The van der Waals surface area contributed by atoms with Crippen molar-refractivity contribution in [1.29, 1.82) is 0 Å². The van der Waals surface area contributed by atoms with Crippen LogP contribution in [0.15, 0.2) is 150 Å². The molecule has 274 valence electrons. The predicted molar refractivity (Wildman–Crippen MR) is 254 cm³/mol. The summed E-state index contributed by atoms with van der Waals surface area (Å²) >= 11 is 3.78. The second-order valence-corrected chi connectivity index (χ2v) is 19.2. The van der Waals surface area contributed by atoms with Crippen LogP contribution in [0.1, 0.15) is 26.3 Å². The second kappa shape index (κ2) is 11.6. The third-order valence-corrected chi connectivity index (χ3v) is 14.8. The Morgan fingerprint density at radius 2 is 1.22 bits per heavy atom. The Labute approximate surface area is 343 Å². The Balaban J connectivity index is 1.11. The minimum Gasteiger partial charge on any atom is -0.456 e. The first-order valence-corrected chi connectivity index (χ1v) is 21.7. The van der Waals surface area contributed by atoms with E-state index >= 15 is 0 Å². The molecule has 0 radical (unpaired) electrons. The van der Waals surface area contributed by atoms with Crippen LogP contribution in [0.5, 0.6) is 0 Å². The van der Waals surface area contributed by atoms with Gasteiger partial charge in [0.15, 0.2) is 7.28 Å². The Hall–Kier alpha value is -6.34. The third kappa shape index (κ3) is 4.61. The van der Waals surface area contributed by atoms with Gasteiger partial charge in [0, 0.05) is 96.1 Å². The van der Waals surface area contributed by atoms with Crippen molar-refractivity contribution in [3.8, 4) is 16.8 Å². The first-order chi connectivity index (χ1) is 28.3. The van der Waals surface area contributed by atoms with E-state index in [1.807, 2.05) is 22.7 Å². The summed E-state index contributed by atoms with van der Waals surface area (Å²) in [6.07, 6.45) is 0. The molecule has 4 aromatic heterocycles. The fourth-order valence-electron chi connectivity index (χ4n) is 9.72. The van der Waals surface area contributed by atoms with Gasteiger partial charge >= 0.3 is 0 Å². The summed E-state index contributed by atoms with van der Waals surface area (Å²) in [6.45, 7) is 6.81. The van der Waals surface area contributed by atoms with Gasteiger partial charge in [-0.3, -0.25) is 0 Å². The van der Waals surface area contributed by atoms with Gasteiger partial charge < -0.3 is 14.3 Å². The molecule has 0 amide bonds. The molecular formula is C52H35BN2OS2. The van der Waals surface area contributed by atoms with E-state index in [9.17, 15) is 0 Å². The molecule has 8 aromatic carbocycles. The highest BCUT2D eigenvalue weighted by Gasteiger charge is 2.29. The standard InChI is InChI=1S/C52H35BN2OS2/c1-52(2,3)28-16-18-29(19-17-28)54-41-23-38-31-11-5-8-14-46(31)57-48(38)25-35(41)33-20-21-34-36-22-37-30-10-4-7-13-44(30)56-45(37)27-42(36)55-43-24-39-32-12-6-9-15-47(32)58-49(39)26-40(43)53-50(33)51(34)55/h4-27,53-54H,1-3H3. The van der Waals surface area contributed by atoms with E-state index in [1.165, 1.54) is 95.5 Å². The molecule has 0 spiro atoms. The van der Waals surface area contributed by atoms with Gasteiger partial charge in [-0.05, 0) is 82.7 Å². The lowest BCUT2D eigenvalue weighted by Crippen LogP contribution is -2.37. The second-order valence-electron chi connectivity index (χ2n) is 17.0. The molecule has 0 aliphatic carbocycles. The van der Waals surface area contributed by atoms with Crippen molar-refractivity contribution >= 4 is 136 Å². The molecule has 3 nitrogen and oxygen atoms in total. The Bertz CT molecular complexity index is 3720. The van der Waals surface area contributed by atoms with Crippen molar-refractivity contribution in [3.63, 3.8) is 0 Å². The van der Waals surface area contributed by atoms with E-state index in [2.05, 4.69) is 176 Å². The lowest BCUT2D eigenvalue weighted by atomic mass is 9.59. The van der Waals surface area contributed by atoms with Crippen molar-refractivity contribution in [2.75, 3.05) is 5.32 Å². The summed E-state index contributed by atoms with van der Waals surface area (Å²) in [6, 6.07) is 54.3. The van der Waals surface area contributed by atoms with Crippen molar-refractivity contribution in [3.05, 3.63) is 151 Å². The molecule has 0 atom stereocenters. The third-order valence-electron chi connectivity index (χ3n) is 12.6. The Morgan fingerprint density at radius 3 is 1.98 bits per heavy atom.